The summed E-state index contributed by atoms with van der Waals surface area (Å²) in [5.41, 5.74) is 3.95. The average molecular weight is 367 g/mol. The standard InChI is InChI=1S/C20H25N5O2/c1-23(2)12-5-13-24-18-9-4-6-15(10-11-21)19(18)20(22-24)16-7-3-8-17(14-16)25(26)27/h3,7-8,14-15H,4-6,9-10,12-13H2,1-2H3. The van der Waals surface area contributed by atoms with E-state index in [1.807, 2.05) is 6.07 Å². The van der Waals surface area contributed by atoms with Gasteiger partial charge < -0.3 is 4.90 Å². The third-order valence-electron chi connectivity index (χ3n) is 5.12. The number of non-ortho nitro benzene ring substituents is 1. The number of hydrogen-bond acceptors (Lipinski definition) is 5. The summed E-state index contributed by atoms with van der Waals surface area (Å²) in [7, 11) is 4.10. The molecule has 0 bridgehead atoms. The number of benzene rings is 1. The predicted molar refractivity (Wildman–Crippen MR) is 103 cm³/mol. The van der Waals surface area contributed by atoms with Crippen LogP contribution in [0.2, 0.25) is 0 Å². The largest absolute Gasteiger partial charge is 0.309 e. The molecule has 2 aromatic rings. The molecule has 1 aliphatic carbocycles. The van der Waals surface area contributed by atoms with Crippen molar-refractivity contribution in [1.29, 1.82) is 5.26 Å². The summed E-state index contributed by atoms with van der Waals surface area (Å²) >= 11 is 0. The van der Waals surface area contributed by atoms with Gasteiger partial charge in [-0.05, 0) is 46.3 Å². The molecule has 1 unspecified atom stereocenters. The Morgan fingerprint density at radius 2 is 2.26 bits per heavy atom. The van der Waals surface area contributed by atoms with Crippen molar-refractivity contribution in [3.05, 3.63) is 45.6 Å². The van der Waals surface area contributed by atoms with Gasteiger partial charge in [0, 0.05) is 47.8 Å². The Kier molecular flexibility index (Phi) is 5.87. The minimum absolute atomic E-state index is 0.0658. The molecule has 0 saturated carbocycles. The highest BCUT2D eigenvalue weighted by molar-refractivity contribution is 5.68. The monoisotopic (exact) mass is 367 g/mol. The molecule has 0 amide bonds. The molecule has 27 heavy (non-hydrogen) atoms. The first-order valence-corrected chi connectivity index (χ1v) is 9.37. The smallest absolute Gasteiger partial charge is 0.270 e. The van der Waals surface area contributed by atoms with Gasteiger partial charge in [0.2, 0.25) is 0 Å². The zero-order chi connectivity index (χ0) is 19.4. The van der Waals surface area contributed by atoms with Gasteiger partial charge in [-0.25, -0.2) is 0 Å². The molecule has 142 valence electrons. The van der Waals surface area contributed by atoms with Crippen LogP contribution in [0.25, 0.3) is 11.3 Å². The molecule has 0 N–H and O–H groups in total. The molecule has 3 rings (SSSR count). The number of rotatable bonds is 7. The van der Waals surface area contributed by atoms with Gasteiger partial charge in [-0.3, -0.25) is 14.8 Å². The topological polar surface area (TPSA) is 88.0 Å². The van der Waals surface area contributed by atoms with Crippen molar-refractivity contribution in [3.63, 3.8) is 0 Å². The number of nitrogens with zero attached hydrogens (tertiary/aromatic N) is 5. The molecule has 0 radical (unpaired) electrons. The van der Waals surface area contributed by atoms with E-state index in [-0.39, 0.29) is 16.5 Å². The van der Waals surface area contributed by atoms with Crippen molar-refractivity contribution in [2.24, 2.45) is 0 Å². The minimum Gasteiger partial charge on any atom is -0.309 e. The average Bonchev–Trinajstić information content (AvgIpc) is 3.02. The lowest BCUT2D eigenvalue weighted by atomic mass is 9.82. The second-order valence-corrected chi connectivity index (χ2v) is 7.35. The van der Waals surface area contributed by atoms with E-state index < -0.39 is 0 Å². The highest BCUT2D eigenvalue weighted by atomic mass is 16.6. The van der Waals surface area contributed by atoms with Crippen molar-refractivity contribution in [2.45, 2.75) is 44.6 Å². The van der Waals surface area contributed by atoms with Crippen LogP contribution in [-0.2, 0) is 13.0 Å². The van der Waals surface area contributed by atoms with Crippen molar-refractivity contribution in [3.8, 4) is 17.3 Å². The summed E-state index contributed by atoms with van der Waals surface area (Å²) in [4.78, 5) is 13.0. The second-order valence-electron chi connectivity index (χ2n) is 7.35. The van der Waals surface area contributed by atoms with E-state index in [0.29, 0.717) is 6.42 Å². The Hall–Kier alpha value is -2.72. The molecule has 0 saturated heterocycles. The van der Waals surface area contributed by atoms with Crippen LogP contribution in [0, 0.1) is 21.4 Å². The number of nitro groups is 1. The maximum atomic E-state index is 11.2. The van der Waals surface area contributed by atoms with E-state index in [0.717, 1.165) is 55.6 Å². The van der Waals surface area contributed by atoms with Gasteiger partial charge in [-0.1, -0.05) is 12.1 Å². The molecule has 0 fully saturated rings. The Bertz CT molecular complexity index is 866. The van der Waals surface area contributed by atoms with Crippen molar-refractivity contribution < 1.29 is 4.92 Å². The molecule has 7 nitrogen and oxygen atoms in total. The first-order valence-electron chi connectivity index (χ1n) is 9.37. The van der Waals surface area contributed by atoms with Gasteiger partial charge in [0.15, 0.2) is 0 Å². The predicted octanol–water partition coefficient (Wildman–Crippen LogP) is 3.74. The molecule has 0 aliphatic heterocycles. The Morgan fingerprint density at radius 3 is 2.96 bits per heavy atom. The first kappa shape index (κ1) is 19.1. The lowest BCUT2D eigenvalue weighted by Gasteiger charge is -2.22. The molecule has 1 atom stereocenters. The summed E-state index contributed by atoms with van der Waals surface area (Å²) in [5.74, 6) is 0.149. The van der Waals surface area contributed by atoms with Crippen LogP contribution >= 0.6 is 0 Å². The zero-order valence-electron chi connectivity index (χ0n) is 15.9. The van der Waals surface area contributed by atoms with E-state index in [2.05, 4.69) is 29.7 Å². The summed E-state index contributed by atoms with van der Waals surface area (Å²) in [6.07, 6.45) is 4.40. The van der Waals surface area contributed by atoms with Gasteiger partial charge in [0.05, 0.1) is 16.7 Å². The third-order valence-corrected chi connectivity index (χ3v) is 5.12. The summed E-state index contributed by atoms with van der Waals surface area (Å²) < 4.78 is 2.07. The summed E-state index contributed by atoms with van der Waals surface area (Å²) in [5, 5.41) is 25.3. The van der Waals surface area contributed by atoms with Crippen LogP contribution in [0.15, 0.2) is 24.3 Å². The number of nitro benzene ring substituents is 1. The molecule has 1 heterocycles. The number of aromatic nitrogens is 2. The van der Waals surface area contributed by atoms with Crippen LogP contribution in [0.4, 0.5) is 5.69 Å². The lowest BCUT2D eigenvalue weighted by Crippen LogP contribution is -2.17. The van der Waals surface area contributed by atoms with E-state index in [4.69, 9.17) is 5.10 Å². The van der Waals surface area contributed by atoms with Gasteiger partial charge in [-0.15, -0.1) is 0 Å². The first-order chi connectivity index (χ1) is 13.0. The third kappa shape index (κ3) is 4.17. The maximum absolute atomic E-state index is 11.2. The van der Waals surface area contributed by atoms with E-state index >= 15 is 0 Å². The van der Waals surface area contributed by atoms with Crippen LogP contribution < -0.4 is 0 Å². The van der Waals surface area contributed by atoms with Crippen molar-refractivity contribution >= 4 is 5.69 Å². The highest BCUT2D eigenvalue weighted by Gasteiger charge is 2.29. The zero-order valence-corrected chi connectivity index (χ0v) is 15.9. The molecule has 1 aromatic carbocycles. The number of aryl methyl sites for hydroxylation is 1. The number of fused-ring (bicyclic) bond motifs is 1. The van der Waals surface area contributed by atoms with Crippen molar-refractivity contribution in [2.75, 3.05) is 20.6 Å². The van der Waals surface area contributed by atoms with E-state index in [1.165, 1.54) is 11.8 Å². The lowest BCUT2D eigenvalue weighted by molar-refractivity contribution is -0.384. The fourth-order valence-corrected chi connectivity index (χ4v) is 3.88. The van der Waals surface area contributed by atoms with Gasteiger partial charge >= 0.3 is 0 Å². The Morgan fingerprint density at radius 1 is 1.44 bits per heavy atom. The Balaban J connectivity index is 2.04. The van der Waals surface area contributed by atoms with E-state index in [1.54, 1.807) is 12.1 Å². The van der Waals surface area contributed by atoms with Gasteiger partial charge in [-0.2, -0.15) is 10.4 Å². The number of nitriles is 1. The van der Waals surface area contributed by atoms with Crippen LogP contribution in [0.1, 0.15) is 42.9 Å². The van der Waals surface area contributed by atoms with E-state index in [9.17, 15) is 15.4 Å². The number of hydrogen-bond donors (Lipinski definition) is 0. The fourth-order valence-electron chi connectivity index (χ4n) is 3.88. The minimum atomic E-state index is -0.378. The molecule has 7 heteroatoms. The van der Waals surface area contributed by atoms with Crippen LogP contribution in [-0.4, -0.2) is 40.2 Å². The highest BCUT2D eigenvalue weighted by Crippen LogP contribution is 2.40. The van der Waals surface area contributed by atoms with Crippen LogP contribution in [0.5, 0.6) is 0 Å². The quantitative estimate of drug-likeness (QED) is 0.549. The second kappa shape index (κ2) is 8.31. The molecule has 1 aliphatic rings. The van der Waals surface area contributed by atoms with Gasteiger partial charge in [0.1, 0.15) is 0 Å². The normalized spacial score (nSPS) is 16.1. The summed E-state index contributed by atoms with van der Waals surface area (Å²) in [6.45, 7) is 1.79. The van der Waals surface area contributed by atoms with Crippen molar-refractivity contribution in [1.82, 2.24) is 14.7 Å². The Labute approximate surface area is 159 Å². The molecular weight excluding hydrogens is 342 g/mol. The SMILES string of the molecule is CN(C)CCCn1nc(-c2cccc([N+](=O)[O-])c2)c2c1CCCC2CC#N. The summed E-state index contributed by atoms with van der Waals surface area (Å²) in [6, 6.07) is 8.96. The molecular formula is C20H25N5O2. The van der Waals surface area contributed by atoms with Crippen LogP contribution in [0.3, 0.4) is 0 Å². The molecule has 0 spiro atoms. The fraction of sp³-hybridized carbons (Fsp3) is 0.500. The molecule has 1 aromatic heterocycles. The van der Waals surface area contributed by atoms with Gasteiger partial charge in [0.25, 0.3) is 5.69 Å². The maximum Gasteiger partial charge on any atom is 0.270 e.